The summed E-state index contributed by atoms with van der Waals surface area (Å²) in [6.45, 7) is 15.5. The first-order valence-corrected chi connectivity index (χ1v) is 14.1. The molecule has 8 nitrogen and oxygen atoms in total. The van der Waals surface area contributed by atoms with Gasteiger partial charge in [0.05, 0.1) is 12.1 Å². The Bertz CT molecular complexity index is 887. The van der Waals surface area contributed by atoms with Gasteiger partial charge < -0.3 is 9.47 Å². The number of carbonyl (C=O) groups excluding carboxylic acids is 4. The number of rotatable bonds is 2. The molecule has 2 aliphatic carbocycles. The average molecular weight is 533 g/mol. The molecular weight excluding hydrogens is 484 g/mol. The van der Waals surface area contributed by atoms with Crippen LogP contribution in [0.25, 0.3) is 0 Å². The highest BCUT2D eigenvalue weighted by Crippen LogP contribution is 2.48. The van der Waals surface area contributed by atoms with Gasteiger partial charge in [-0.05, 0) is 105 Å². The Hall–Kier alpha value is -2.38. The zero-order chi connectivity index (χ0) is 28.5. The lowest BCUT2D eigenvalue weighted by atomic mass is 9.82. The average Bonchev–Trinajstić information content (AvgIpc) is 3.55. The van der Waals surface area contributed by atoms with E-state index in [4.69, 9.17) is 9.47 Å². The summed E-state index contributed by atoms with van der Waals surface area (Å²) in [5.41, 5.74) is -0.799. The van der Waals surface area contributed by atoms with Crippen molar-refractivity contribution in [2.45, 2.75) is 130 Å². The Labute approximate surface area is 228 Å². The predicted octanol–water partition coefficient (Wildman–Crippen LogP) is 6.07. The second-order valence-corrected chi connectivity index (χ2v) is 14.0. The number of amides is 2. The summed E-state index contributed by atoms with van der Waals surface area (Å²) >= 11 is 0. The van der Waals surface area contributed by atoms with Crippen molar-refractivity contribution in [1.29, 1.82) is 0 Å². The van der Waals surface area contributed by atoms with Crippen LogP contribution in [0.2, 0.25) is 0 Å². The SMILES string of the molecule is CC(=O)C1CC2(CCCC2)CN1C(=O)OC(C)(C)C.CC(=O)[C@@H]1CC2(CC=CC2)CN1C(=O)OC(C)(C)C. The van der Waals surface area contributed by atoms with Crippen LogP contribution in [0.3, 0.4) is 0 Å². The fourth-order valence-corrected chi connectivity index (χ4v) is 6.40. The number of allylic oxidation sites excluding steroid dienone is 2. The highest BCUT2D eigenvalue weighted by atomic mass is 16.6. The van der Waals surface area contributed by atoms with Crippen LogP contribution in [0.15, 0.2) is 12.2 Å². The number of Topliss-reactive ketones (excluding diaryl/α,β-unsaturated/α-hetero) is 2. The van der Waals surface area contributed by atoms with Gasteiger partial charge in [0, 0.05) is 13.1 Å². The van der Waals surface area contributed by atoms with Crippen molar-refractivity contribution >= 4 is 23.8 Å². The summed E-state index contributed by atoms with van der Waals surface area (Å²) in [7, 11) is 0. The lowest BCUT2D eigenvalue weighted by Gasteiger charge is -2.28. The monoisotopic (exact) mass is 532 g/mol. The molecule has 2 amide bonds. The van der Waals surface area contributed by atoms with E-state index in [0.29, 0.717) is 13.1 Å². The molecule has 1 unspecified atom stereocenters. The van der Waals surface area contributed by atoms with E-state index in [9.17, 15) is 19.2 Å². The molecule has 0 N–H and O–H groups in total. The Balaban J connectivity index is 0.000000211. The van der Waals surface area contributed by atoms with Gasteiger partial charge in [-0.15, -0.1) is 0 Å². The normalized spacial score (nSPS) is 25.5. The molecule has 2 heterocycles. The van der Waals surface area contributed by atoms with Crippen molar-refractivity contribution in [2.75, 3.05) is 13.1 Å². The first kappa shape index (κ1) is 30.2. The van der Waals surface area contributed by atoms with Crippen molar-refractivity contribution in [3.05, 3.63) is 12.2 Å². The second-order valence-electron chi connectivity index (χ2n) is 14.0. The summed E-state index contributed by atoms with van der Waals surface area (Å²) in [5.74, 6) is 0.129. The van der Waals surface area contributed by atoms with Crippen LogP contribution in [0.4, 0.5) is 9.59 Å². The maximum absolute atomic E-state index is 12.3. The van der Waals surface area contributed by atoms with E-state index in [1.165, 1.54) is 12.8 Å². The largest absolute Gasteiger partial charge is 0.444 e. The minimum atomic E-state index is -0.526. The van der Waals surface area contributed by atoms with Crippen LogP contribution < -0.4 is 0 Å². The van der Waals surface area contributed by atoms with Gasteiger partial charge in [0.25, 0.3) is 0 Å². The third-order valence-corrected chi connectivity index (χ3v) is 8.14. The van der Waals surface area contributed by atoms with E-state index in [1.54, 1.807) is 23.6 Å². The van der Waals surface area contributed by atoms with Crippen molar-refractivity contribution in [3.63, 3.8) is 0 Å². The summed E-state index contributed by atoms with van der Waals surface area (Å²) in [6.07, 6.45) is 11.8. The fourth-order valence-electron chi connectivity index (χ4n) is 6.40. The summed E-state index contributed by atoms with van der Waals surface area (Å²) in [6, 6.07) is -0.609. The lowest BCUT2D eigenvalue weighted by molar-refractivity contribution is -0.121. The van der Waals surface area contributed by atoms with Gasteiger partial charge in [-0.2, -0.15) is 0 Å². The zero-order valence-corrected chi connectivity index (χ0v) is 24.7. The third-order valence-electron chi connectivity index (χ3n) is 8.14. The minimum absolute atomic E-state index is 0.0506. The van der Waals surface area contributed by atoms with Gasteiger partial charge in [-0.1, -0.05) is 25.0 Å². The van der Waals surface area contributed by atoms with E-state index >= 15 is 0 Å². The van der Waals surface area contributed by atoms with Crippen LogP contribution in [0.5, 0.6) is 0 Å². The number of hydrogen-bond donors (Lipinski definition) is 0. The molecule has 2 spiro atoms. The molecule has 2 saturated heterocycles. The van der Waals surface area contributed by atoms with Crippen molar-refractivity contribution in [1.82, 2.24) is 9.80 Å². The van der Waals surface area contributed by atoms with Crippen molar-refractivity contribution < 1.29 is 28.7 Å². The summed E-state index contributed by atoms with van der Waals surface area (Å²) in [5, 5.41) is 0. The Kier molecular flexibility index (Phi) is 8.74. The van der Waals surface area contributed by atoms with Crippen LogP contribution in [0, 0.1) is 10.8 Å². The number of ketones is 2. The molecule has 0 aromatic carbocycles. The topological polar surface area (TPSA) is 93.2 Å². The first-order valence-electron chi connectivity index (χ1n) is 14.1. The molecule has 38 heavy (non-hydrogen) atoms. The molecular formula is C30H48N2O6. The van der Waals surface area contributed by atoms with E-state index in [2.05, 4.69) is 12.2 Å². The van der Waals surface area contributed by atoms with Crippen molar-refractivity contribution in [2.24, 2.45) is 10.8 Å². The molecule has 0 aromatic heterocycles. The predicted molar refractivity (Wildman–Crippen MR) is 146 cm³/mol. The van der Waals surface area contributed by atoms with Gasteiger partial charge in [0.1, 0.15) is 11.2 Å². The Morgan fingerprint density at radius 2 is 1.05 bits per heavy atom. The molecule has 3 fully saturated rings. The van der Waals surface area contributed by atoms with Crippen LogP contribution in [-0.2, 0) is 19.1 Å². The summed E-state index contributed by atoms with van der Waals surface area (Å²) in [4.78, 5) is 51.4. The molecule has 4 rings (SSSR count). The molecule has 8 heteroatoms. The number of hydrogen-bond acceptors (Lipinski definition) is 6. The summed E-state index contributed by atoms with van der Waals surface area (Å²) < 4.78 is 10.9. The molecule has 4 aliphatic rings. The molecule has 1 saturated carbocycles. The molecule has 0 bridgehead atoms. The lowest BCUT2D eigenvalue weighted by Crippen LogP contribution is -2.43. The number of carbonyl (C=O) groups is 4. The maximum Gasteiger partial charge on any atom is 0.410 e. The number of nitrogens with zero attached hydrogens (tertiary/aromatic N) is 2. The third kappa shape index (κ3) is 7.38. The first-order chi connectivity index (χ1) is 17.4. The highest BCUT2D eigenvalue weighted by molar-refractivity contribution is 5.87. The van der Waals surface area contributed by atoms with Gasteiger partial charge >= 0.3 is 12.2 Å². The van der Waals surface area contributed by atoms with Gasteiger partial charge in [-0.3, -0.25) is 19.4 Å². The fraction of sp³-hybridized carbons (Fsp3) is 0.800. The van der Waals surface area contributed by atoms with Gasteiger partial charge in [0.15, 0.2) is 11.6 Å². The van der Waals surface area contributed by atoms with Gasteiger partial charge in [0.2, 0.25) is 0 Å². The molecule has 0 aromatic rings. The molecule has 2 atom stereocenters. The van der Waals surface area contributed by atoms with Gasteiger partial charge in [-0.25, -0.2) is 9.59 Å². The van der Waals surface area contributed by atoms with E-state index < -0.39 is 11.2 Å². The molecule has 2 aliphatic heterocycles. The molecule has 0 radical (unpaired) electrons. The van der Waals surface area contributed by atoms with Crippen LogP contribution in [-0.4, -0.2) is 69.9 Å². The quantitative estimate of drug-likeness (QED) is 0.401. The number of ether oxygens (including phenoxy) is 2. The maximum atomic E-state index is 12.3. The molecule has 214 valence electrons. The van der Waals surface area contributed by atoms with E-state index in [0.717, 1.165) is 38.5 Å². The Morgan fingerprint density at radius 1 is 0.684 bits per heavy atom. The van der Waals surface area contributed by atoms with E-state index in [-0.39, 0.29) is 46.7 Å². The van der Waals surface area contributed by atoms with Crippen molar-refractivity contribution in [3.8, 4) is 0 Å². The van der Waals surface area contributed by atoms with E-state index in [1.807, 2.05) is 41.5 Å². The Morgan fingerprint density at radius 3 is 1.42 bits per heavy atom. The second kappa shape index (κ2) is 11.0. The standard InChI is InChI=1S/C15H25NO3.C15H23NO3/c2*1-11(17)12-9-15(7-5-6-8-15)10-16(12)13(18)19-14(2,3)4/h12H,5-10H2,1-4H3;5-6,12H,7-10H2,1-4H3/t;12-/m.0/s1. The number of likely N-dealkylation sites (tertiary alicyclic amines) is 2. The highest BCUT2D eigenvalue weighted by Gasteiger charge is 2.50. The van der Waals surface area contributed by atoms with Crippen LogP contribution >= 0.6 is 0 Å². The smallest absolute Gasteiger partial charge is 0.410 e. The van der Waals surface area contributed by atoms with Crippen LogP contribution in [0.1, 0.15) is 107 Å². The minimum Gasteiger partial charge on any atom is -0.444 e. The zero-order valence-electron chi connectivity index (χ0n) is 24.7.